The molecular weight excluding hydrogens is 404 g/mol. The van der Waals surface area contributed by atoms with Crippen LogP contribution in [-0.2, 0) is 16.1 Å². The van der Waals surface area contributed by atoms with Crippen LogP contribution in [0.1, 0.15) is 21.5 Å². The van der Waals surface area contributed by atoms with Crippen molar-refractivity contribution < 1.29 is 14.4 Å². The Hall–Kier alpha value is -4.13. The molecule has 3 amide bonds. The molecule has 1 aliphatic rings. The molecule has 3 aromatic carbocycles. The third kappa shape index (κ3) is 4.78. The zero-order chi connectivity index (χ0) is 22.5. The molecule has 7 nitrogen and oxygen atoms in total. The van der Waals surface area contributed by atoms with Gasteiger partial charge >= 0.3 is 0 Å². The highest BCUT2D eigenvalue weighted by atomic mass is 16.2. The van der Waals surface area contributed by atoms with E-state index in [1.54, 1.807) is 42.5 Å². The van der Waals surface area contributed by atoms with Gasteiger partial charge in [0.1, 0.15) is 6.54 Å². The Morgan fingerprint density at radius 3 is 2.50 bits per heavy atom. The van der Waals surface area contributed by atoms with E-state index < -0.39 is 0 Å². The number of hydrogen-bond donors (Lipinski definition) is 3. The van der Waals surface area contributed by atoms with Gasteiger partial charge in [0.25, 0.3) is 5.91 Å². The van der Waals surface area contributed by atoms with Crippen LogP contribution in [0.4, 0.5) is 17.1 Å². The smallest absolute Gasteiger partial charge is 0.253 e. The van der Waals surface area contributed by atoms with Crippen molar-refractivity contribution in [3.63, 3.8) is 0 Å². The zero-order valence-electron chi connectivity index (χ0n) is 17.7. The van der Waals surface area contributed by atoms with Crippen molar-refractivity contribution in [2.45, 2.75) is 13.5 Å². The van der Waals surface area contributed by atoms with E-state index in [9.17, 15) is 14.4 Å². The van der Waals surface area contributed by atoms with Crippen molar-refractivity contribution in [2.75, 3.05) is 28.6 Å². The topological polar surface area (TPSA) is 90.5 Å². The Labute approximate surface area is 186 Å². The van der Waals surface area contributed by atoms with Gasteiger partial charge in [-0.2, -0.15) is 0 Å². The number of para-hydroxylation sites is 3. The summed E-state index contributed by atoms with van der Waals surface area (Å²) in [6.45, 7) is 2.33. The van der Waals surface area contributed by atoms with Crippen LogP contribution in [0.15, 0.2) is 72.8 Å². The molecule has 0 saturated carbocycles. The summed E-state index contributed by atoms with van der Waals surface area (Å²) in [5.74, 6) is -0.737. The lowest BCUT2D eigenvalue weighted by atomic mass is 10.1. The molecular formula is C25H24N4O3. The first kappa shape index (κ1) is 21.1. The number of nitrogens with zero attached hydrogens (tertiary/aromatic N) is 1. The van der Waals surface area contributed by atoms with Crippen molar-refractivity contribution in [1.82, 2.24) is 5.32 Å². The molecule has 0 bridgehead atoms. The summed E-state index contributed by atoms with van der Waals surface area (Å²) in [5.41, 5.74) is 4.43. The molecule has 1 heterocycles. The van der Waals surface area contributed by atoms with E-state index in [4.69, 9.17) is 0 Å². The van der Waals surface area contributed by atoms with Crippen molar-refractivity contribution in [3.05, 3.63) is 89.5 Å². The summed E-state index contributed by atoms with van der Waals surface area (Å²) in [6, 6.07) is 22.2. The molecule has 0 fully saturated rings. The maximum atomic E-state index is 12.9. The maximum absolute atomic E-state index is 12.9. The highest BCUT2D eigenvalue weighted by molar-refractivity contribution is 6.11. The molecule has 0 radical (unpaired) electrons. The van der Waals surface area contributed by atoms with Crippen LogP contribution in [0, 0.1) is 6.92 Å². The summed E-state index contributed by atoms with van der Waals surface area (Å²) in [5, 5.41) is 8.74. The third-order valence-electron chi connectivity index (χ3n) is 5.25. The minimum atomic E-state index is -0.262. The number of carbonyl (C=O) groups is 3. The van der Waals surface area contributed by atoms with Gasteiger partial charge in [-0.15, -0.1) is 0 Å². The first-order valence-corrected chi connectivity index (χ1v) is 10.4. The van der Waals surface area contributed by atoms with Gasteiger partial charge in [-0.3, -0.25) is 19.3 Å². The van der Waals surface area contributed by atoms with E-state index in [0.29, 0.717) is 29.2 Å². The normalized spacial score (nSPS) is 12.5. The minimum Gasteiger partial charge on any atom is -0.375 e. The lowest BCUT2D eigenvalue weighted by Gasteiger charge is -2.29. The number of hydrogen-bond acceptors (Lipinski definition) is 4. The van der Waals surface area contributed by atoms with Gasteiger partial charge in [0.2, 0.25) is 11.8 Å². The van der Waals surface area contributed by atoms with Crippen LogP contribution in [0.2, 0.25) is 0 Å². The zero-order valence-corrected chi connectivity index (χ0v) is 17.7. The number of benzene rings is 3. The van der Waals surface area contributed by atoms with Crippen molar-refractivity contribution >= 4 is 34.8 Å². The number of anilines is 3. The minimum absolute atomic E-state index is 0.0454. The average Bonchev–Trinajstić information content (AvgIpc) is 2.81. The fourth-order valence-electron chi connectivity index (χ4n) is 3.54. The van der Waals surface area contributed by atoms with Gasteiger partial charge in [-0.05, 0) is 36.8 Å². The largest absolute Gasteiger partial charge is 0.375 e. The Balaban J connectivity index is 1.42. The second-order valence-electron chi connectivity index (χ2n) is 7.61. The number of fused-ring (bicyclic) bond motifs is 1. The summed E-state index contributed by atoms with van der Waals surface area (Å²) in [7, 11) is 0. The Bertz CT molecular complexity index is 1160. The van der Waals surface area contributed by atoms with Crippen LogP contribution in [-0.4, -0.2) is 30.8 Å². The van der Waals surface area contributed by atoms with E-state index in [-0.39, 0.29) is 30.8 Å². The van der Waals surface area contributed by atoms with Crippen LogP contribution in [0.3, 0.4) is 0 Å². The van der Waals surface area contributed by atoms with Gasteiger partial charge in [-0.25, -0.2) is 0 Å². The molecule has 0 atom stereocenters. The lowest BCUT2D eigenvalue weighted by Crippen LogP contribution is -2.44. The molecule has 0 aromatic heterocycles. The first-order chi connectivity index (χ1) is 15.5. The Morgan fingerprint density at radius 1 is 0.969 bits per heavy atom. The summed E-state index contributed by atoms with van der Waals surface area (Å²) in [4.78, 5) is 39.1. The standard InChI is InChI=1S/C25H24N4O3/c1-17-10-12-18(13-11-17)14-27-25(32)19-6-2-3-7-20(19)26-15-24(31)29-16-23(30)28-21-8-4-5-9-22(21)29/h2-13,26H,14-16H2,1H3,(H,27,32)(H,28,30). The Kier molecular flexibility index (Phi) is 6.17. The average molecular weight is 428 g/mol. The van der Waals surface area contributed by atoms with Crippen LogP contribution >= 0.6 is 0 Å². The number of nitrogens with one attached hydrogen (secondary N) is 3. The Morgan fingerprint density at radius 2 is 1.69 bits per heavy atom. The molecule has 1 aliphatic heterocycles. The fourth-order valence-corrected chi connectivity index (χ4v) is 3.54. The van der Waals surface area contributed by atoms with Gasteiger partial charge < -0.3 is 16.0 Å². The summed E-state index contributed by atoms with van der Waals surface area (Å²) in [6.07, 6.45) is 0. The van der Waals surface area contributed by atoms with Crippen LogP contribution < -0.4 is 20.9 Å². The van der Waals surface area contributed by atoms with Gasteiger partial charge in [0.15, 0.2) is 0 Å². The van der Waals surface area contributed by atoms with Crippen molar-refractivity contribution in [2.24, 2.45) is 0 Å². The second-order valence-corrected chi connectivity index (χ2v) is 7.61. The highest BCUT2D eigenvalue weighted by Crippen LogP contribution is 2.29. The summed E-state index contributed by atoms with van der Waals surface area (Å²) < 4.78 is 0. The number of amides is 3. The fraction of sp³-hybridized carbons (Fsp3) is 0.160. The van der Waals surface area contributed by atoms with E-state index in [1.807, 2.05) is 37.3 Å². The molecule has 4 rings (SSSR count). The lowest BCUT2D eigenvalue weighted by molar-refractivity contribution is -0.120. The predicted octanol–water partition coefficient (Wildman–Crippen LogP) is 3.32. The molecule has 0 aliphatic carbocycles. The quantitative estimate of drug-likeness (QED) is 0.562. The van der Waals surface area contributed by atoms with Crippen LogP contribution in [0.5, 0.6) is 0 Å². The van der Waals surface area contributed by atoms with E-state index in [0.717, 1.165) is 11.1 Å². The van der Waals surface area contributed by atoms with E-state index >= 15 is 0 Å². The van der Waals surface area contributed by atoms with E-state index in [1.165, 1.54) is 4.90 Å². The van der Waals surface area contributed by atoms with Crippen LogP contribution in [0.25, 0.3) is 0 Å². The molecule has 162 valence electrons. The molecule has 0 unspecified atom stereocenters. The van der Waals surface area contributed by atoms with Gasteiger partial charge in [0, 0.05) is 12.2 Å². The SMILES string of the molecule is Cc1ccc(CNC(=O)c2ccccc2NCC(=O)N2CC(=O)Nc3ccccc32)cc1. The number of carbonyl (C=O) groups excluding carboxylic acids is 3. The monoisotopic (exact) mass is 428 g/mol. The molecule has 3 N–H and O–H groups in total. The van der Waals surface area contributed by atoms with Crippen molar-refractivity contribution in [1.29, 1.82) is 0 Å². The highest BCUT2D eigenvalue weighted by Gasteiger charge is 2.26. The summed E-state index contributed by atoms with van der Waals surface area (Å²) >= 11 is 0. The molecule has 0 spiro atoms. The van der Waals surface area contributed by atoms with Gasteiger partial charge in [0.05, 0.1) is 23.5 Å². The second kappa shape index (κ2) is 9.34. The molecule has 0 saturated heterocycles. The molecule has 3 aromatic rings. The third-order valence-corrected chi connectivity index (χ3v) is 5.25. The molecule has 32 heavy (non-hydrogen) atoms. The van der Waals surface area contributed by atoms with E-state index in [2.05, 4.69) is 16.0 Å². The van der Waals surface area contributed by atoms with Crippen molar-refractivity contribution in [3.8, 4) is 0 Å². The number of aryl methyl sites for hydroxylation is 1. The molecule has 7 heteroatoms. The van der Waals surface area contributed by atoms with Gasteiger partial charge in [-0.1, -0.05) is 54.1 Å². The predicted molar refractivity (Wildman–Crippen MR) is 125 cm³/mol. The number of rotatable bonds is 6. The first-order valence-electron chi connectivity index (χ1n) is 10.4. The maximum Gasteiger partial charge on any atom is 0.253 e.